The van der Waals surface area contributed by atoms with Crippen molar-refractivity contribution >= 4 is 5.91 Å². The van der Waals surface area contributed by atoms with Crippen molar-refractivity contribution in [3.05, 3.63) is 46.8 Å². The maximum Gasteiger partial charge on any atom is 0.253 e. The van der Waals surface area contributed by atoms with E-state index in [2.05, 4.69) is 10.5 Å². The largest absolute Gasteiger partial charge is 0.489 e. The Kier molecular flexibility index (Phi) is 5.93. The summed E-state index contributed by atoms with van der Waals surface area (Å²) in [6.07, 6.45) is 2.23. The van der Waals surface area contributed by atoms with E-state index in [1.54, 1.807) is 0 Å². The van der Waals surface area contributed by atoms with E-state index >= 15 is 0 Å². The first-order valence-electron chi connectivity index (χ1n) is 9.17. The molecule has 1 unspecified atom stereocenters. The Labute approximate surface area is 154 Å². The molecule has 2 heterocycles. The second-order valence-corrected chi connectivity index (χ2v) is 6.94. The Morgan fingerprint density at radius 1 is 1.42 bits per heavy atom. The van der Waals surface area contributed by atoms with Crippen LogP contribution in [-0.4, -0.2) is 42.6 Å². The molecule has 0 spiro atoms. The minimum Gasteiger partial charge on any atom is -0.489 e. The van der Waals surface area contributed by atoms with Gasteiger partial charge in [0.25, 0.3) is 5.91 Å². The van der Waals surface area contributed by atoms with E-state index in [-0.39, 0.29) is 5.91 Å². The first kappa shape index (κ1) is 18.5. The number of ether oxygens (including phenoxy) is 1. The lowest BCUT2D eigenvalue weighted by atomic mass is 9.97. The van der Waals surface area contributed by atoms with E-state index in [9.17, 15) is 4.79 Å². The van der Waals surface area contributed by atoms with Crippen LogP contribution in [0.15, 0.2) is 28.8 Å². The maximum absolute atomic E-state index is 12.9. The summed E-state index contributed by atoms with van der Waals surface area (Å²) in [6.45, 7) is 6.73. The van der Waals surface area contributed by atoms with E-state index in [0.717, 1.165) is 43.1 Å². The van der Waals surface area contributed by atoms with Crippen LogP contribution in [0.3, 0.4) is 0 Å². The van der Waals surface area contributed by atoms with Gasteiger partial charge in [-0.05, 0) is 64.4 Å². The molecule has 1 aliphatic rings. The van der Waals surface area contributed by atoms with Crippen LogP contribution in [0.1, 0.15) is 40.2 Å². The topological polar surface area (TPSA) is 67.6 Å². The standard InChI is InChI=1S/C20H27N3O3/c1-14-19(15(2)26-22-14)13-25-18-8-4-7-17(10-18)20(24)23-9-5-6-16(12-23)11-21-3/h4,7-8,10,16,21H,5-6,9,11-13H2,1-3H3. The fourth-order valence-corrected chi connectivity index (χ4v) is 3.47. The summed E-state index contributed by atoms with van der Waals surface area (Å²) in [5.74, 6) is 2.04. The molecular weight excluding hydrogens is 330 g/mol. The fraction of sp³-hybridized carbons (Fsp3) is 0.500. The van der Waals surface area contributed by atoms with Crippen LogP contribution in [0, 0.1) is 19.8 Å². The van der Waals surface area contributed by atoms with Crippen molar-refractivity contribution in [1.82, 2.24) is 15.4 Å². The number of amides is 1. The molecule has 3 rings (SSSR count). The number of aromatic nitrogens is 1. The van der Waals surface area contributed by atoms with Crippen molar-refractivity contribution in [2.45, 2.75) is 33.3 Å². The Balaban J connectivity index is 1.65. The molecule has 0 bridgehead atoms. The third-order valence-corrected chi connectivity index (χ3v) is 4.94. The summed E-state index contributed by atoms with van der Waals surface area (Å²) < 4.78 is 11.0. The number of aryl methyl sites for hydroxylation is 2. The smallest absolute Gasteiger partial charge is 0.253 e. The monoisotopic (exact) mass is 357 g/mol. The van der Waals surface area contributed by atoms with Gasteiger partial charge in [-0.1, -0.05) is 11.2 Å². The molecule has 6 heteroatoms. The van der Waals surface area contributed by atoms with Gasteiger partial charge in [0.05, 0.1) is 11.3 Å². The zero-order valence-corrected chi connectivity index (χ0v) is 15.7. The highest BCUT2D eigenvalue weighted by molar-refractivity contribution is 5.94. The molecule has 1 aromatic carbocycles. The van der Waals surface area contributed by atoms with Crippen molar-refractivity contribution in [3.8, 4) is 5.75 Å². The number of hydrogen-bond acceptors (Lipinski definition) is 5. The molecule has 1 atom stereocenters. The predicted molar refractivity (Wildman–Crippen MR) is 99.3 cm³/mol. The van der Waals surface area contributed by atoms with Crippen LogP contribution < -0.4 is 10.1 Å². The molecule has 1 amide bonds. The second kappa shape index (κ2) is 8.36. The minimum absolute atomic E-state index is 0.0774. The van der Waals surface area contributed by atoms with Gasteiger partial charge in [-0.25, -0.2) is 0 Å². The molecule has 6 nitrogen and oxygen atoms in total. The van der Waals surface area contributed by atoms with Crippen molar-refractivity contribution < 1.29 is 14.1 Å². The number of carbonyl (C=O) groups is 1. The van der Waals surface area contributed by atoms with Gasteiger partial charge in [-0.3, -0.25) is 4.79 Å². The molecule has 1 aliphatic heterocycles. The van der Waals surface area contributed by atoms with Crippen LogP contribution in [0.25, 0.3) is 0 Å². The maximum atomic E-state index is 12.9. The summed E-state index contributed by atoms with van der Waals surface area (Å²) in [5, 5.41) is 7.15. The fourth-order valence-electron chi connectivity index (χ4n) is 3.47. The van der Waals surface area contributed by atoms with Gasteiger partial charge in [-0.2, -0.15) is 0 Å². The lowest BCUT2D eigenvalue weighted by Gasteiger charge is -2.32. The summed E-state index contributed by atoms with van der Waals surface area (Å²) in [7, 11) is 1.96. The van der Waals surface area contributed by atoms with Gasteiger partial charge in [-0.15, -0.1) is 0 Å². The van der Waals surface area contributed by atoms with E-state index in [0.29, 0.717) is 23.8 Å². The number of piperidine rings is 1. The number of nitrogens with one attached hydrogen (secondary N) is 1. The number of nitrogens with zero attached hydrogens (tertiary/aromatic N) is 2. The average molecular weight is 357 g/mol. The molecule has 0 saturated carbocycles. The molecule has 0 radical (unpaired) electrons. The van der Waals surface area contributed by atoms with Gasteiger partial charge in [0.2, 0.25) is 0 Å². The molecule has 140 valence electrons. The lowest BCUT2D eigenvalue weighted by molar-refractivity contribution is 0.0673. The van der Waals surface area contributed by atoms with Crippen molar-refractivity contribution in [2.75, 3.05) is 26.7 Å². The Morgan fingerprint density at radius 2 is 2.27 bits per heavy atom. The summed E-state index contributed by atoms with van der Waals surface area (Å²) >= 11 is 0. The number of carbonyl (C=O) groups excluding carboxylic acids is 1. The Bertz CT molecular complexity index is 735. The molecule has 1 aromatic heterocycles. The number of rotatable bonds is 6. The SMILES string of the molecule is CNCC1CCCN(C(=O)c2cccc(OCc3c(C)noc3C)c2)C1. The van der Waals surface area contributed by atoms with Gasteiger partial charge in [0.1, 0.15) is 18.1 Å². The summed E-state index contributed by atoms with van der Waals surface area (Å²) in [5.41, 5.74) is 2.46. The van der Waals surface area contributed by atoms with E-state index in [4.69, 9.17) is 9.26 Å². The highest BCUT2D eigenvalue weighted by Gasteiger charge is 2.24. The second-order valence-electron chi connectivity index (χ2n) is 6.94. The van der Waals surface area contributed by atoms with Gasteiger partial charge < -0.3 is 19.5 Å². The molecule has 2 aromatic rings. The van der Waals surface area contributed by atoms with E-state index in [1.807, 2.05) is 50.1 Å². The van der Waals surface area contributed by atoms with Crippen LogP contribution in [0.5, 0.6) is 5.75 Å². The van der Waals surface area contributed by atoms with Crippen LogP contribution in [0.4, 0.5) is 0 Å². The third-order valence-electron chi connectivity index (χ3n) is 4.94. The van der Waals surface area contributed by atoms with E-state index < -0.39 is 0 Å². The number of benzene rings is 1. The molecule has 1 fully saturated rings. The van der Waals surface area contributed by atoms with Crippen LogP contribution in [-0.2, 0) is 6.61 Å². The Morgan fingerprint density at radius 3 is 3.00 bits per heavy atom. The zero-order chi connectivity index (χ0) is 18.5. The average Bonchev–Trinajstić information content (AvgIpc) is 2.98. The highest BCUT2D eigenvalue weighted by Crippen LogP contribution is 2.22. The van der Waals surface area contributed by atoms with Gasteiger partial charge >= 0.3 is 0 Å². The summed E-state index contributed by atoms with van der Waals surface area (Å²) in [6, 6.07) is 7.41. The third kappa shape index (κ3) is 4.25. The highest BCUT2D eigenvalue weighted by atomic mass is 16.5. The molecule has 1 saturated heterocycles. The number of hydrogen-bond donors (Lipinski definition) is 1. The van der Waals surface area contributed by atoms with Crippen LogP contribution in [0.2, 0.25) is 0 Å². The lowest BCUT2D eigenvalue weighted by Crippen LogP contribution is -2.42. The van der Waals surface area contributed by atoms with Crippen molar-refractivity contribution in [3.63, 3.8) is 0 Å². The first-order valence-corrected chi connectivity index (χ1v) is 9.17. The van der Waals surface area contributed by atoms with Crippen molar-refractivity contribution in [2.24, 2.45) is 5.92 Å². The van der Waals surface area contributed by atoms with Crippen LogP contribution >= 0.6 is 0 Å². The quantitative estimate of drug-likeness (QED) is 0.861. The molecular formula is C20H27N3O3. The predicted octanol–water partition coefficient (Wildman–Crippen LogP) is 2.94. The van der Waals surface area contributed by atoms with Gasteiger partial charge in [0.15, 0.2) is 0 Å². The zero-order valence-electron chi connectivity index (χ0n) is 15.7. The molecule has 1 N–H and O–H groups in total. The molecule has 26 heavy (non-hydrogen) atoms. The summed E-state index contributed by atoms with van der Waals surface area (Å²) in [4.78, 5) is 14.8. The van der Waals surface area contributed by atoms with Crippen molar-refractivity contribution in [1.29, 1.82) is 0 Å². The van der Waals surface area contributed by atoms with Gasteiger partial charge in [0, 0.05) is 18.7 Å². The Hall–Kier alpha value is -2.34. The first-order chi connectivity index (χ1) is 12.6. The molecule has 0 aliphatic carbocycles. The number of likely N-dealkylation sites (tertiary alicyclic amines) is 1. The van der Waals surface area contributed by atoms with E-state index in [1.165, 1.54) is 6.42 Å². The minimum atomic E-state index is 0.0774. The normalized spacial score (nSPS) is 17.3.